The third kappa shape index (κ3) is 2.71. The molecule has 6 heteroatoms. The molecule has 0 amide bonds. The normalized spacial score (nSPS) is 14.0. The first-order valence-electron chi connectivity index (χ1n) is 6.91. The van der Waals surface area contributed by atoms with Crippen LogP contribution in [0.15, 0.2) is 29.1 Å². The van der Waals surface area contributed by atoms with Gasteiger partial charge in [0.05, 0.1) is 0 Å². The van der Waals surface area contributed by atoms with Gasteiger partial charge >= 0.3 is 0 Å². The number of benzene rings is 1. The summed E-state index contributed by atoms with van der Waals surface area (Å²) in [4.78, 5) is 13.6. The highest BCUT2D eigenvalue weighted by Gasteiger charge is 2.26. The van der Waals surface area contributed by atoms with Crippen molar-refractivity contribution < 1.29 is 0 Å². The van der Waals surface area contributed by atoms with Gasteiger partial charge in [-0.25, -0.2) is 0 Å². The second-order valence-corrected chi connectivity index (χ2v) is 6.28. The SMILES string of the molecule is CN(C)C(=N)c1c(Nc2ccccc2C2CC2)s[nH]c1=O. The van der Waals surface area contributed by atoms with E-state index in [1.54, 1.807) is 19.0 Å². The number of H-pyrrole nitrogens is 1. The number of nitrogens with one attached hydrogen (secondary N) is 3. The number of anilines is 2. The molecule has 1 aliphatic carbocycles. The largest absolute Gasteiger partial charge is 0.362 e. The van der Waals surface area contributed by atoms with Crippen molar-refractivity contribution in [3.05, 3.63) is 45.7 Å². The second-order valence-electron chi connectivity index (χ2n) is 5.47. The lowest BCUT2D eigenvalue weighted by atomic mass is 10.1. The number of para-hydroxylation sites is 1. The third-order valence-electron chi connectivity index (χ3n) is 3.61. The maximum absolute atomic E-state index is 12.0. The summed E-state index contributed by atoms with van der Waals surface area (Å²) in [7, 11) is 3.53. The lowest BCUT2D eigenvalue weighted by Crippen LogP contribution is -2.27. The summed E-state index contributed by atoms with van der Waals surface area (Å²) in [5, 5.41) is 12.1. The molecule has 1 aliphatic rings. The number of nitrogens with zero attached hydrogens (tertiary/aromatic N) is 1. The van der Waals surface area contributed by atoms with Gasteiger partial charge in [-0.1, -0.05) is 18.2 Å². The molecule has 1 saturated carbocycles. The highest BCUT2D eigenvalue weighted by Crippen LogP contribution is 2.44. The molecule has 1 fully saturated rings. The van der Waals surface area contributed by atoms with E-state index in [0.717, 1.165) is 5.69 Å². The highest BCUT2D eigenvalue weighted by atomic mass is 32.1. The van der Waals surface area contributed by atoms with Crippen molar-refractivity contribution in [2.24, 2.45) is 0 Å². The van der Waals surface area contributed by atoms with Gasteiger partial charge in [0.1, 0.15) is 16.4 Å². The molecule has 0 unspecified atom stereocenters. The van der Waals surface area contributed by atoms with E-state index in [0.29, 0.717) is 16.5 Å². The zero-order chi connectivity index (χ0) is 15.0. The van der Waals surface area contributed by atoms with Crippen LogP contribution in [0.1, 0.15) is 29.9 Å². The molecule has 0 radical (unpaired) electrons. The molecule has 0 bridgehead atoms. The van der Waals surface area contributed by atoms with Crippen LogP contribution in [-0.4, -0.2) is 29.2 Å². The maximum atomic E-state index is 12.0. The van der Waals surface area contributed by atoms with Gasteiger partial charge in [-0.3, -0.25) is 14.6 Å². The van der Waals surface area contributed by atoms with Crippen LogP contribution in [0.5, 0.6) is 0 Å². The summed E-state index contributed by atoms with van der Waals surface area (Å²) >= 11 is 1.24. The van der Waals surface area contributed by atoms with E-state index in [9.17, 15) is 4.79 Å². The Bertz CT molecular complexity index is 727. The predicted molar refractivity (Wildman–Crippen MR) is 87.2 cm³/mol. The van der Waals surface area contributed by atoms with E-state index in [-0.39, 0.29) is 11.4 Å². The average Bonchev–Trinajstić information content (AvgIpc) is 3.24. The molecular formula is C15H18N4OS. The zero-order valence-electron chi connectivity index (χ0n) is 12.1. The Kier molecular flexibility index (Phi) is 3.55. The molecule has 0 aliphatic heterocycles. The zero-order valence-corrected chi connectivity index (χ0v) is 12.9. The number of hydrogen-bond acceptors (Lipinski definition) is 4. The molecule has 5 nitrogen and oxygen atoms in total. The van der Waals surface area contributed by atoms with Gasteiger partial charge in [0.15, 0.2) is 0 Å². The fourth-order valence-electron chi connectivity index (χ4n) is 2.31. The van der Waals surface area contributed by atoms with E-state index in [1.807, 2.05) is 18.2 Å². The Morgan fingerprint density at radius 3 is 2.76 bits per heavy atom. The number of aromatic amines is 1. The molecule has 1 aromatic heterocycles. The van der Waals surface area contributed by atoms with Crippen molar-refractivity contribution in [1.82, 2.24) is 9.27 Å². The van der Waals surface area contributed by atoms with E-state index in [1.165, 1.54) is 29.9 Å². The first-order valence-corrected chi connectivity index (χ1v) is 7.73. The first-order chi connectivity index (χ1) is 10.1. The molecule has 3 rings (SSSR count). The summed E-state index contributed by atoms with van der Waals surface area (Å²) in [6.07, 6.45) is 2.45. The van der Waals surface area contributed by atoms with Crippen LogP contribution in [0.25, 0.3) is 0 Å². The Balaban J connectivity index is 1.96. The van der Waals surface area contributed by atoms with Crippen LogP contribution in [0.4, 0.5) is 10.7 Å². The Morgan fingerprint density at radius 2 is 2.10 bits per heavy atom. The maximum Gasteiger partial charge on any atom is 0.271 e. The van der Waals surface area contributed by atoms with Crippen molar-refractivity contribution in [3.8, 4) is 0 Å². The van der Waals surface area contributed by atoms with Gasteiger partial charge in [-0.15, -0.1) is 0 Å². The number of rotatable bonds is 4. The van der Waals surface area contributed by atoms with Crippen LogP contribution in [0, 0.1) is 5.41 Å². The smallest absolute Gasteiger partial charge is 0.271 e. The fraction of sp³-hybridized carbons (Fsp3) is 0.333. The minimum Gasteiger partial charge on any atom is -0.362 e. The van der Waals surface area contributed by atoms with Crippen molar-refractivity contribution in [2.75, 3.05) is 19.4 Å². The van der Waals surface area contributed by atoms with Crippen LogP contribution in [0.2, 0.25) is 0 Å². The highest BCUT2D eigenvalue weighted by molar-refractivity contribution is 7.10. The van der Waals surface area contributed by atoms with Crippen molar-refractivity contribution in [2.45, 2.75) is 18.8 Å². The fourth-order valence-corrected chi connectivity index (χ4v) is 3.06. The molecule has 1 aromatic carbocycles. The van der Waals surface area contributed by atoms with E-state index in [2.05, 4.69) is 15.8 Å². The predicted octanol–water partition coefficient (Wildman–Crippen LogP) is 2.94. The third-order valence-corrected chi connectivity index (χ3v) is 4.41. The van der Waals surface area contributed by atoms with Crippen molar-refractivity contribution in [1.29, 1.82) is 5.41 Å². The van der Waals surface area contributed by atoms with Crippen LogP contribution >= 0.6 is 11.5 Å². The van der Waals surface area contributed by atoms with Crippen molar-refractivity contribution >= 4 is 28.1 Å². The molecular weight excluding hydrogens is 284 g/mol. The molecule has 21 heavy (non-hydrogen) atoms. The Labute approximate surface area is 127 Å². The molecule has 110 valence electrons. The number of amidine groups is 1. The quantitative estimate of drug-likeness (QED) is 0.600. The van der Waals surface area contributed by atoms with Gasteiger partial charge in [0, 0.05) is 19.8 Å². The van der Waals surface area contributed by atoms with Gasteiger partial charge in [0.25, 0.3) is 5.56 Å². The molecule has 0 saturated heterocycles. The van der Waals surface area contributed by atoms with Crippen LogP contribution in [0.3, 0.4) is 0 Å². The van der Waals surface area contributed by atoms with Crippen LogP contribution in [-0.2, 0) is 0 Å². The molecule has 1 heterocycles. The summed E-state index contributed by atoms with van der Waals surface area (Å²) in [6.45, 7) is 0. The lowest BCUT2D eigenvalue weighted by molar-refractivity contribution is 0.619. The summed E-state index contributed by atoms with van der Waals surface area (Å²) in [5.41, 5.74) is 2.50. The monoisotopic (exact) mass is 302 g/mol. The lowest BCUT2D eigenvalue weighted by Gasteiger charge is -2.15. The minimum absolute atomic E-state index is 0.212. The Hall–Kier alpha value is -2.08. The van der Waals surface area contributed by atoms with E-state index < -0.39 is 0 Å². The minimum atomic E-state index is -0.217. The van der Waals surface area contributed by atoms with Gasteiger partial charge in [0.2, 0.25) is 0 Å². The topological polar surface area (TPSA) is 72.0 Å². The molecule has 3 N–H and O–H groups in total. The van der Waals surface area contributed by atoms with Crippen molar-refractivity contribution in [3.63, 3.8) is 0 Å². The van der Waals surface area contributed by atoms with Gasteiger partial charge in [-0.2, -0.15) is 0 Å². The first kappa shape index (κ1) is 13.9. The second kappa shape index (κ2) is 5.37. The summed E-state index contributed by atoms with van der Waals surface area (Å²) in [6, 6.07) is 8.19. The standard InChI is InChI=1S/C15H18N4OS/c1-19(2)13(16)12-14(20)18-21-15(12)17-11-6-4-3-5-10(11)9-7-8-9/h3-6,9,16-17H,7-8H2,1-2H3,(H,18,20). The number of hydrogen-bond donors (Lipinski definition) is 3. The van der Waals surface area contributed by atoms with Crippen LogP contribution < -0.4 is 10.9 Å². The molecule has 0 spiro atoms. The average molecular weight is 302 g/mol. The number of aromatic nitrogens is 1. The van der Waals surface area contributed by atoms with E-state index >= 15 is 0 Å². The molecule has 2 aromatic rings. The summed E-state index contributed by atoms with van der Waals surface area (Å²) in [5.74, 6) is 0.838. The summed E-state index contributed by atoms with van der Waals surface area (Å²) < 4.78 is 2.71. The Morgan fingerprint density at radius 1 is 1.38 bits per heavy atom. The van der Waals surface area contributed by atoms with E-state index in [4.69, 9.17) is 5.41 Å². The van der Waals surface area contributed by atoms with Gasteiger partial charge < -0.3 is 10.2 Å². The van der Waals surface area contributed by atoms with Gasteiger partial charge in [-0.05, 0) is 41.9 Å². The molecule has 0 atom stereocenters.